The van der Waals surface area contributed by atoms with Crippen LogP contribution in [0.3, 0.4) is 0 Å². The molecule has 3 rings (SSSR count). The normalized spacial score (nSPS) is 28.8. The highest BCUT2D eigenvalue weighted by atomic mass is 35.5. The van der Waals surface area contributed by atoms with Crippen molar-refractivity contribution in [3.8, 4) is 0 Å². The largest absolute Gasteiger partial charge is 0.453 e. The zero-order chi connectivity index (χ0) is 13.6. The Bertz CT molecular complexity index is 537. The molecule has 0 aromatic heterocycles. The number of likely N-dealkylation sites (tertiary alicyclic amines) is 1. The van der Waals surface area contributed by atoms with Crippen LogP contribution >= 0.6 is 23.2 Å². The molecule has 2 saturated heterocycles. The summed E-state index contributed by atoms with van der Waals surface area (Å²) in [5, 5.41) is 1.01. The number of benzene rings is 1. The predicted molar refractivity (Wildman–Crippen MR) is 71.6 cm³/mol. The first-order valence-corrected chi connectivity index (χ1v) is 6.75. The summed E-state index contributed by atoms with van der Waals surface area (Å²) in [5.74, 6) is 0. The maximum Gasteiger partial charge on any atom is 0.409 e. The van der Waals surface area contributed by atoms with Gasteiger partial charge in [-0.2, -0.15) is 0 Å². The van der Waals surface area contributed by atoms with Crippen molar-refractivity contribution in [2.45, 2.75) is 18.1 Å². The van der Waals surface area contributed by atoms with Gasteiger partial charge in [-0.15, -0.1) is 0 Å². The van der Waals surface area contributed by atoms with E-state index in [1.165, 1.54) is 7.11 Å². The lowest BCUT2D eigenvalue weighted by molar-refractivity contribution is -0.0446. The average Bonchev–Trinajstić information content (AvgIpc) is 3.00. The second kappa shape index (κ2) is 4.54. The molecule has 2 heterocycles. The summed E-state index contributed by atoms with van der Waals surface area (Å²) in [7, 11) is 1.39. The SMILES string of the molecule is COC(=O)N1CC2(c3ccc(Cl)c(Cl)c3)CC1CO2. The maximum atomic E-state index is 11.7. The van der Waals surface area contributed by atoms with Crippen LogP contribution in [-0.4, -0.2) is 37.3 Å². The zero-order valence-corrected chi connectivity index (χ0v) is 11.9. The van der Waals surface area contributed by atoms with E-state index in [1.54, 1.807) is 11.0 Å². The summed E-state index contributed by atoms with van der Waals surface area (Å²) in [6.45, 7) is 1.01. The second-order valence-electron chi connectivity index (χ2n) is 4.89. The predicted octanol–water partition coefficient (Wildman–Crippen LogP) is 3.06. The van der Waals surface area contributed by atoms with Gasteiger partial charge in [-0.3, -0.25) is 4.90 Å². The molecule has 1 amide bonds. The third-order valence-corrected chi connectivity index (χ3v) is 4.58. The topological polar surface area (TPSA) is 38.8 Å². The van der Waals surface area contributed by atoms with Crippen molar-refractivity contribution in [3.05, 3.63) is 33.8 Å². The van der Waals surface area contributed by atoms with E-state index < -0.39 is 5.60 Å². The monoisotopic (exact) mass is 301 g/mol. The van der Waals surface area contributed by atoms with Crippen molar-refractivity contribution in [1.29, 1.82) is 0 Å². The van der Waals surface area contributed by atoms with Crippen molar-refractivity contribution in [3.63, 3.8) is 0 Å². The van der Waals surface area contributed by atoms with Crippen LogP contribution in [0.2, 0.25) is 10.0 Å². The van der Waals surface area contributed by atoms with Crippen molar-refractivity contribution >= 4 is 29.3 Å². The van der Waals surface area contributed by atoms with Gasteiger partial charge in [0, 0.05) is 6.42 Å². The number of halogens is 2. The number of methoxy groups -OCH3 is 1. The standard InChI is InChI=1S/C13H13Cl2NO3/c1-18-12(17)16-7-13(5-9(16)6-19-13)8-2-3-10(14)11(15)4-8/h2-4,9H,5-7H2,1H3. The van der Waals surface area contributed by atoms with E-state index in [4.69, 9.17) is 32.7 Å². The van der Waals surface area contributed by atoms with Gasteiger partial charge in [0.05, 0.1) is 36.3 Å². The molecule has 2 aliphatic heterocycles. The van der Waals surface area contributed by atoms with Crippen LogP contribution in [0.5, 0.6) is 0 Å². The molecule has 0 N–H and O–H groups in total. The number of carbonyl (C=O) groups excluding carboxylic acids is 1. The Morgan fingerprint density at radius 1 is 1.47 bits per heavy atom. The van der Waals surface area contributed by atoms with E-state index >= 15 is 0 Å². The number of carbonyl (C=O) groups is 1. The van der Waals surface area contributed by atoms with Gasteiger partial charge in [0.15, 0.2) is 0 Å². The molecule has 4 nitrogen and oxygen atoms in total. The minimum Gasteiger partial charge on any atom is -0.453 e. The summed E-state index contributed by atoms with van der Waals surface area (Å²) < 4.78 is 10.7. The van der Waals surface area contributed by atoms with Crippen molar-refractivity contribution in [2.75, 3.05) is 20.3 Å². The number of morpholine rings is 1. The van der Waals surface area contributed by atoms with Gasteiger partial charge in [0.1, 0.15) is 5.60 Å². The molecule has 0 spiro atoms. The molecule has 2 aliphatic rings. The number of rotatable bonds is 1. The van der Waals surface area contributed by atoms with Crippen LogP contribution in [0.25, 0.3) is 0 Å². The molecule has 6 heteroatoms. The minimum absolute atomic E-state index is 0.0712. The van der Waals surface area contributed by atoms with Gasteiger partial charge in [0.25, 0.3) is 0 Å². The Labute approximate surface area is 121 Å². The third-order valence-electron chi connectivity index (χ3n) is 3.84. The van der Waals surface area contributed by atoms with Crippen LogP contribution < -0.4 is 0 Å². The summed E-state index contributed by atoms with van der Waals surface area (Å²) in [6, 6.07) is 5.54. The smallest absolute Gasteiger partial charge is 0.409 e. The lowest BCUT2D eigenvalue weighted by Gasteiger charge is -2.32. The van der Waals surface area contributed by atoms with Gasteiger partial charge in [0.2, 0.25) is 0 Å². The first-order valence-electron chi connectivity index (χ1n) is 6.00. The zero-order valence-electron chi connectivity index (χ0n) is 10.4. The minimum atomic E-state index is -0.479. The number of nitrogens with zero attached hydrogens (tertiary/aromatic N) is 1. The van der Waals surface area contributed by atoms with Crippen molar-refractivity contribution in [1.82, 2.24) is 4.90 Å². The molecule has 2 atom stereocenters. The van der Waals surface area contributed by atoms with Gasteiger partial charge < -0.3 is 9.47 Å². The Balaban J connectivity index is 1.92. The molecule has 102 valence electrons. The second-order valence-corrected chi connectivity index (χ2v) is 5.70. The van der Waals surface area contributed by atoms with E-state index in [0.29, 0.717) is 23.2 Å². The molecular formula is C13H13Cl2NO3. The lowest BCUT2D eigenvalue weighted by Crippen LogP contribution is -2.44. The number of hydrogen-bond acceptors (Lipinski definition) is 3. The summed E-state index contributed by atoms with van der Waals surface area (Å²) in [5.41, 5.74) is 0.475. The molecule has 0 aliphatic carbocycles. The summed E-state index contributed by atoms with van der Waals surface area (Å²) >= 11 is 12.0. The molecule has 0 saturated carbocycles. The maximum absolute atomic E-state index is 11.7. The quantitative estimate of drug-likeness (QED) is 0.800. The highest BCUT2D eigenvalue weighted by Crippen LogP contribution is 2.46. The summed E-state index contributed by atoms with van der Waals surface area (Å²) in [6.07, 6.45) is 0.454. The van der Waals surface area contributed by atoms with Crippen LogP contribution in [-0.2, 0) is 15.1 Å². The Kier molecular flexibility index (Phi) is 3.12. The molecule has 19 heavy (non-hydrogen) atoms. The highest BCUT2D eigenvalue weighted by molar-refractivity contribution is 6.42. The van der Waals surface area contributed by atoms with Crippen LogP contribution in [0.1, 0.15) is 12.0 Å². The Hall–Kier alpha value is -0.970. The van der Waals surface area contributed by atoms with Gasteiger partial charge in [-0.25, -0.2) is 4.79 Å². The molecule has 2 fully saturated rings. The number of fused-ring (bicyclic) bond motifs is 2. The Morgan fingerprint density at radius 3 is 2.95 bits per heavy atom. The van der Waals surface area contributed by atoms with E-state index in [1.807, 2.05) is 12.1 Å². The summed E-state index contributed by atoms with van der Waals surface area (Å²) in [4.78, 5) is 13.4. The fraction of sp³-hybridized carbons (Fsp3) is 0.462. The van der Waals surface area contributed by atoms with Crippen molar-refractivity contribution in [2.24, 2.45) is 0 Å². The number of hydrogen-bond donors (Lipinski definition) is 0. The van der Waals surface area contributed by atoms with E-state index in [-0.39, 0.29) is 12.1 Å². The van der Waals surface area contributed by atoms with Crippen molar-refractivity contribution < 1.29 is 14.3 Å². The first kappa shape index (κ1) is 13.0. The molecule has 1 aromatic carbocycles. The van der Waals surface area contributed by atoms with E-state index in [2.05, 4.69) is 0 Å². The average molecular weight is 302 g/mol. The van der Waals surface area contributed by atoms with Gasteiger partial charge >= 0.3 is 6.09 Å². The first-order chi connectivity index (χ1) is 9.05. The van der Waals surface area contributed by atoms with Gasteiger partial charge in [-0.1, -0.05) is 29.3 Å². The highest BCUT2D eigenvalue weighted by Gasteiger charge is 2.54. The molecule has 0 radical (unpaired) electrons. The Morgan fingerprint density at radius 2 is 2.26 bits per heavy atom. The van der Waals surface area contributed by atoms with Gasteiger partial charge in [-0.05, 0) is 17.7 Å². The molecule has 2 unspecified atom stereocenters. The number of amides is 1. The van der Waals surface area contributed by atoms with E-state index in [0.717, 1.165) is 12.0 Å². The van der Waals surface area contributed by atoms with E-state index in [9.17, 15) is 4.79 Å². The molecule has 2 bridgehead atoms. The molecule has 1 aromatic rings. The lowest BCUT2D eigenvalue weighted by atomic mass is 9.93. The fourth-order valence-electron chi connectivity index (χ4n) is 2.87. The number of ether oxygens (including phenoxy) is 2. The van der Waals surface area contributed by atoms with Crippen LogP contribution in [0.15, 0.2) is 18.2 Å². The van der Waals surface area contributed by atoms with Crippen LogP contribution in [0.4, 0.5) is 4.79 Å². The third kappa shape index (κ3) is 1.98. The van der Waals surface area contributed by atoms with Crippen LogP contribution in [0, 0.1) is 0 Å². The molecular weight excluding hydrogens is 289 g/mol. The fourth-order valence-corrected chi connectivity index (χ4v) is 3.17.